The van der Waals surface area contributed by atoms with E-state index in [1.807, 2.05) is 0 Å². The molecule has 3 aromatic rings. The van der Waals surface area contributed by atoms with Gasteiger partial charge in [-0.05, 0) is 56.2 Å². The Kier molecular flexibility index (Phi) is 7.39. The van der Waals surface area contributed by atoms with Crippen LogP contribution in [0.2, 0.25) is 0 Å². The van der Waals surface area contributed by atoms with Crippen LogP contribution in [0.5, 0.6) is 0 Å². The van der Waals surface area contributed by atoms with E-state index in [-0.39, 0.29) is 43.9 Å². The van der Waals surface area contributed by atoms with Gasteiger partial charge in [-0.25, -0.2) is 22.2 Å². The molecule has 0 saturated heterocycles. The molecule has 0 unspecified atom stereocenters. The Labute approximate surface area is 200 Å². The van der Waals surface area contributed by atoms with Crippen molar-refractivity contribution < 1.29 is 27.1 Å². The number of aromatic nitrogens is 1. The first-order chi connectivity index (χ1) is 15.8. The second-order valence-electron chi connectivity index (χ2n) is 8.32. The van der Waals surface area contributed by atoms with Crippen LogP contribution in [0, 0.1) is 11.6 Å². The molecule has 2 heterocycles. The van der Waals surface area contributed by atoms with E-state index >= 15 is 0 Å². The van der Waals surface area contributed by atoms with Crippen molar-refractivity contribution in [3.05, 3.63) is 64.9 Å². The van der Waals surface area contributed by atoms with Gasteiger partial charge >= 0.3 is 0 Å². The van der Waals surface area contributed by atoms with E-state index in [9.17, 15) is 27.1 Å². The fourth-order valence-electron chi connectivity index (χ4n) is 3.31. The van der Waals surface area contributed by atoms with E-state index in [0.717, 1.165) is 23.5 Å². The van der Waals surface area contributed by atoms with Gasteiger partial charge in [-0.3, -0.25) is 4.79 Å². The molecule has 0 spiro atoms. The van der Waals surface area contributed by atoms with Gasteiger partial charge < -0.3 is 16.2 Å². The molecule has 2 aromatic heterocycles. The Bertz CT molecular complexity index is 1310. The van der Waals surface area contributed by atoms with E-state index in [4.69, 9.17) is 5.73 Å². The Hall–Kier alpha value is -2.89. The molecule has 0 aliphatic heterocycles. The topological polar surface area (TPSA) is 122 Å². The van der Waals surface area contributed by atoms with Gasteiger partial charge in [0.2, 0.25) is 0 Å². The zero-order chi connectivity index (χ0) is 25.3. The third-order valence-electron chi connectivity index (χ3n) is 4.92. The van der Waals surface area contributed by atoms with Crippen molar-refractivity contribution >= 4 is 37.9 Å². The number of anilines is 2. The summed E-state index contributed by atoms with van der Waals surface area (Å²) in [6, 6.07) is 8.10. The fraction of sp³-hybridized carbons (Fsp3) is 0.304. The third-order valence-corrected chi connectivity index (χ3v) is 7.76. The normalized spacial score (nSPS) is 12.1. The average Bonchev–Trinajstić information content (AvgIpc) is 3.10. The number of sulfone groups is 1. The molecule has 1 amide bonds. The van der Waals surface area contributed by atoms with Crippen molar-refractivity contribution in [1.82, 2.24) is 4.98 Å². The second kappa shape index (κ2) is 9.77. The summed E-state index contributed by atoms with van der Waals surface area (Å²) in [5, 5.41) is 13.2. The molecule has 11 heteroatoms. The number of hydrogen-bond donors (Lipinski definition) is 3. The van der Waals surface area contributed by atoms with Crippen molar-refractivity contribution in [3.8, 4) is 10.4 Å². The standard InChI is InChI=1S/C23H25F2N3O4S2/c1-4-8-34(31,32)12-14-6-5-7-19(27-14)28-22-15(21(26)29)11-18(33-22)20-16(24)9-13(10-17(20)25)23(2,3)30/h5-7,9-11,30H,4,8,12H2,1-3H3,(H2,26,29)(H,27,28). The van der Waals surface area contributed by atoms with Crippen LogP contribution in [0.25, 0.3) is 10.4 Å². The maximum absolute atomic E-state index is 14.8. The van der Waals surface area contributed by atoms with Crippen molar-refractivity contribution in [2.24, 2.45) is 5.73 Å². The predicted octanol–water partition coefficient (Wildman–Crippen LogP) is 4.48. The van der Waals surface area contributed by atoms with Crippen LogP contribution in [-0.4, -0.2) is 30.2 Å². The van der Waals surface area contributed by atoms with Gasteiger partial charge in [0.05, 0.1) is 33.9 Å². The summed E-state index contributed by atoms with van der Waals surface area (Å²) in [6.07, 6.45) is 0.490. The monoisotopic (exact) mass is 509 g/mol. The maximum Gasteiger partial charge on any atom is 0.251 e. The molecule has 0 radical (unpaired) electrons. The van der Waals surface area contributed by atoms with Gasteiger partial charge in [0, 0.05) is 4.88 Å². The van der Waals surface area contributed by atoms with Gasteiger partial charge in [0.15, 0.2) is 9.84 Å². The lowest BCUT2D eigenvalue weighted by Crippen LogP contribution is -2.16. The first-order valence-electron chi connectivity index (χ1n) is 10.4. The van der Waals surface area contributed by atoms with Crippen molar-refractivity contribution in [2.45, 2.75) is 38.5 Å². The molecule has 1 aromatic carbocycles. The highest BCUT2D eigenvalue weighted by Crippen LogP contribution is 2.40. The number of primary amides is 1. The zero-order valence-corrected chi connectivity index (χ0v) is 20.5. The largest absolute Gasteiger partial charge is 0.386 e. The Morgan fingerprint density at radius 3 is 2.41 bits per heavy atom. The summed E-state index contributed by atoms with van der Waals surface area (Å²) in [5.74, 6) is -2.57. The summed E-state index contributed by atoms with van der Waals surface area (Å²) in [7, 11) is -3.31. The van der Waals surface area contributed by atoms with E-state index < -0.39 is 33.0 Å². The minimum Gasteiger partial charge on any atom is -0.386 e. The lowest BCUT2D eigenvalue weighted by Gasteiger charge is -2.18. The van der Waals surface area contributed by atoms with Crippen LogP contribution in [-0.2, 0) is 21.2 Å². The van der Waals surface area contributed by atoms with Crippen molar-refractivity contribution in [1.29, 1.82) is 0 Å². The summed E-state index contributed by atoms with van der Waals surface area (Å²) < 4.78 is 53.9. The zero-order valence-electron chi connectivity index (χ0n) is 18.9. The predicted molar refractivity (Wildman–Crippen MR) is 129 cm³/mol. The highest BCUT2D eigenvalue weighted by atomic mass is 32.2. The van der Waals surface area contributed by atoms with Gasteiger partial charge in [0.1, 0.15) is 22.5 Å². The van der Waals surface area contributed by atoms with E-state index in [1.165, 1.54) is 19.9 Å². The number of nitrogens with zero attached hydrogens (tertiary/aromatic N) is 1. The number of aliphatic hydroxyl groups is 1. The van der Waals surface area contributed by atoms with Gasteiger partial charge in [0.25, 0.3) is 5.91 Å². The van der Waals surface area contributed by atoms with Crippen LogP contribution >= 0.6 is 11.3 Å². The number of amides is 1. The lowest BCUT2D eigenvalue weighted by molar-refractivity contribution is 0.0778. The lowest BCUT2D eigenvalue weighted by atomic mass is 9.96. The number of halogens is 2. The smallest absolute Gasteiger partial charge is 0.251 e. The van der Waals surface area contributed by atoms with E-state index in [2.05, 4.69) is 10.3 Å². The highest BCUT2D eigenvalue weighted by Gasteiger charge is 2.24. The van der Waals surface area contributed by atoms with Gasteiger partial charge in [-0.15, -0.1) is 11.3 Å². The quantitative estimate of drug-likeness (QED) is 0.391. The minimum atomic E-state index is -3.31. The Balaban J connectivity index is 1.98. The number of nitrogens with two attached hydrogens (primary N) is 1. The van der Waals surface area contributed by atoms with Crippen LogP contribution in [0.3, 0.4) is 0 Å². The second-order valence-corrected chi connectivity index (χ2v) is 11.6. The number of thiophene rings is 1. The molecule has 0 aliphatic carbocycles. The van der Waals surface area contributed by atoms with Crippen LogP contribution in [0.4, 0.5) is 19.6 Å². The molecular weight excluding hydrogens is 484 g/mol. The Morgan fingerprint density at radius 1 is 1.21 bits per heavy atom. The number of carbonyl (C=O) groups excluding carboxylic acids is 1. The molecule has 182 valence electrons. The number of nitrogens with one attached hydrogen (secondary N) is 1. The third kappa shape index (κ3) is 5.96. The molecule has 0 fully saturated rings. The molecule has 3 rings (SSSR count). The fourth-order valence-corrected chi connectivity index (χ4v) is 5.80. The summed E-state index contributed by atoms with van der Waals surface area (Å²) >= 11 is 0.892. The SMILES string of the molecule is CCCS(=O)(=O)Cc1cccc(Nc2sc(-c3c(F)cc(C(C)(C)O)cc3F)cc2C(N)=O)n1. The summed E-state index contributed by atoms with van der Waals surface area (Å²) in [5.41, 5.74) is 4.04. The average molecular weight is 510 g/mol. The maximum atomic E-state index is 14.8. The van der Waals surface area contributed by atoms with Crippen molar-refractivity contribution in [3.63, 3.8) is 0 Å². The number of carbonyl (C=O) groups is 1. The van der Waals surface area contributed by atoms with Crippen LogP contribution in [0.1, 0.15) is 48.8 Å². The summed E-state index contributed by atoms with van der Waals surface area (Å²) in [6.45, 7) is 4.59. The molecule has 0 atom stereocenters. The van der Waals surface area contributed by atoms with Crippen molar-refractivity contribution in [2.75, 3.05) is 11.1 Å². The molecule has 0 bridgehead atoms. The number of pyridine rings is 1. The number of rotatable bonds is 9. The van der Waals surface area contributed by atoms with E-state index in [1.54, 1.807) is 25.1 Å². The minimum absolute atomic E-state index is 0.00354. The molecule has 7 nitrogen and oxygen atoms in total. The molecule has 34 heavy (non-hydrogen) atoms. The number of benzene rings is 1. The molecule has 0 aliphatic rings. The molecule has 4 N–H and O–H groups in total. The Morgan fingerprint density at radius 2 is 1.85 bits per heavy atom. The van der Waals surface area contributed by atoms with Gasteiger partial charge in [-0.1, -0.05) is 13.0 Å². The molecule has 0 saturated carbocycles. The highest BCUT2D eigenvalue weighted by molar-refractivity contribution is 7.90. The molecular formula is C23H25F2N3O4S2. The van der Waals surface area contributed by atoms with Crippen LogP contribution < -0.4 is 11.1 Å². The van der Waals surface area contributed by atoms with E-state index in [0.29, 0.717) is 12.1 Å². The van der Waals surface area contributed by atoms with Crippen LogP contribution in [0.15, 0.2) is 36.4 Å². The first kappa shape index (κ1) is 25.7. The number of hydrogen-bond acceptors (Lipinski definition) is 7. The van der Waals surface area contributed by atoms with Gasteiger partial charge in [-0.2, -0.15) is 0 Å². The summed E-state index contributed by atoms with van der Waals surface area (Å²) in [4.78, 5) is 16.4. The first-order valence-corrected chi connectivity index (χ1v) is 13.0.